The summed E-state index contributed by atoms with van der Waals surface area (Å²) >= 11 is 1.45. The summed E-state index contributed by atoms with van der Waals surface area (Å²) in [5, 5.41) is 11.0. The van der Waals surface area contributed by atoms with Gasteiger partial charge < -0.3 is 10.4 Å². The van der Waals surface area contributed by atoms with Crippen LogP contribution in [-0.2, 0) is 4.79 Å². The van der Waals surface area contributed by atoms with Crippen LogP contribution in [-0.4, -0.2) is 34.9 Å². The second-order valence-electron chi connectivity index (χ2n) is 2.55. The number of nitrogens with one attached hydrogen (secondary N) is 1. The van der Waals surface area contributed by atoms with Gasteiger partial charge in [0.2, 0.25) is 5.91 Å². The lowest BCUT2D eigenvalue weighted by molar-refractivity contribution is -0.118. The molecule has 0 bridgehead atoms. The molecule has 0 fully saturated rings. The molecule has 0 radical (unpaired) electrons. The third kappa shape index (κ3) is 4.25. The third-order valence-corrected chi connectivity index (χ3v) is 2.47. The van der Waals surface area contributed by atoms with Gasteiger partial charge in [-0.05, 0) is 12.1 Å². The summed E-state index contributed by atoms with van der Waals surface area (Å²) < 4.78 is 0. The van der Waals surface area contributed by atoms with Crippen molar-refractivity contribution in [2.24, 2.45) is 0 Å². The smallest absolute Gasteiger partial charge is 0.230 e. The monoisotopic (exact) mass is 212 g/mol. The largest absolute Gasteiger partial charge is 0.395 e. The van der Waals surface area contributed by atoms with Crippen molar-refractivity contribution in [2.45, 2.75) is 4.90 Å². The standard InChI is InChI=1S/C9H12N2O2S/c12-6-5-11-9(13)7-14-8-1-3-10-4-2-8/h1-4,12H,5-7H2,(H,11,13). The first kappa shape index (κ1) is 11.0. The zero-order valence-corrected chi connectivity index (χ0v) is 8.46. The summed E-state index contributed by atoms with van der Waals surface area (Å²) in [4.78, 5) is 16.0. The quantitative estimate of drug-likeness (QED) is 0.688. The summed E-state index contributed by atoms with van der Waals surface area (Å²) in [7, 11) is 0. The van der Waals surface area contributed by atoms with E-state index in [-0.39, 0.29) is 12.5 Å². The Morgan fingerprint density at radius 3 is 2.86 bits per heavy atom. The lowest BCUT2D eigenvalue weighted by Crippen LogP contribution is -2.27. The lowest BCUT2D eigenvalue weighted by atomic mass is 10.5. The molecule has 1 aromatic rings. The topological polar surface area (TPSA) is 62.2 Å². The number of carbonyl (C=O) groups is 1. The molecular formula is C9H12N2O2S. The first-order chi connectivity index (χ1) is 6.83. The van der Waals surface area contributed by atoms with Gasteiger partial charge in [-0.1, -0.05) is 0 Å². The number of hydrogen-bond donors (Lipinski definition) is 2. The molecule has 0 aliphatic carbocycles. The molecule has 76 valence electrons. The zero-order chi connectivity index (χ0) is 10.2. The minimum atomic E-state index is -0.0686. The Labute approximate surface area is 86.7 Å². The second kappa shape index (κ2) is 6.39. The summed E-state index contributed by atoms with van der Waals surface area (Å²) in [6.45, 7) is 0.293. The second-order valence-corrected chi connectivity index (χ2v) is 3.59. The Kier molecular flexibility index (Phi) is 5.03. The van der Waals surface area contributed by atoms with Gasteiger partial charge in [-0.2, -0.15) is 0 Å². The van der Waals surface area contributed by atoms with E-state index in [9.17, 15) is 4.79 Å². The fourth-order valence-corrected chi connectivity index (χ4v) is 1.54. The Bertz CT molecular complexity index is 279. The fourth-order valence-electron chi connectivity index (χ4n) is 0.830. The number of amides is 1. The van der Waals surface area contributed by atoms with Gasteiger partial charge in [0.05, 0.1) is 12.4 Å². The highest BCUT2D eigenvalue weighted by atomic mass is 32.2. The molecule has 0 aliphatic rings. The van der Waals surface area contributed by atoms with Crippen molar-refractivity contribution in [1.82, 2.24) is 10.3 Å². The SMILES string of the molecule is O=C(CSc1ccncc1)NCCO. The van der Waals surface area contributed by atoms with E-state index in [2.05, 4.69) is 10.3 Å². The molecule has 5 heteroatoms. The van der Waals surface area contributed by atoms with Gasteiger partial charge in [0.25, 0.3) is 0 Å². The normalized spacial score (nSPS) is 9.79. The van der Waals surface area contributed by atoms with Crippen LogP contribution in [0.2, 0.25) is 0 Å². The minimum Gasteiger partial charge on any atom is -0.395 e. The van der Waals surface area contributed by atoms with Crippen LogP contribution in [0.25, 0.3) is 0 Å². The van der Waals surface area contributed by atoms with Crippen LogP contribution in [0.15, 0.2) is 29.4 Å². The van der Waals surface area contributed by atoms with Crippen molar-refractivity contribution >= 4 is 17.7 Å². The van der Waals surface area contributed by atoms with Crippen LogP contribution in [0.5, 0.6) is 0 Å². The molecule has 0 aromatic carbocycles. The molecule has 1 heterocycles. The molecule has 1 aromatic heterocycles. The van der Waals surface area contributed by atoms with Crippen LogP contribution in [0, 0.1) is 0 Å². The van der Waals surface area contributed by atoms with E-state index < -0.39 is 0 Å². The highest BCUT2D eigenvalue weighted by Gasteiger charge is 2.00. The predicted octanol–water partition coefficient (Wildman–Crippen LogP) is 0.282. The molecule has 2 N–H and O–H groups in total. The van der Waals surface area contributed by atoms with E-state index in [1.54, 1.807) is 12.4 Å². The van der Waals surface area contributed by atoms with E-state index in [0.717, 1.165) is 4.90 Å². The molecule has 0 atom stereocenters. The van der Waals surface area contributed by atoms with Crippen LogP contribution in [0.1, 0.15) is 0 Å². The predicted molar refractivity (Wildman–Crippen MR) is 55.1 cm³/mol. The number of hydrogen-bond acceptors (Lipinski definition) is 4. The van der Waals surface area contributed by atoms with Gasteiger partial charge in [-0.15, -0.1) is 11.8 Å². The van der Waals surface area contributed by atoms with Crippen molar-refractivity contribution in [1.29, 1.82) is 0 Å². The van der Waals surface area contributed by atoms with Gasteiger partial charge in [0.15, 0.2) is 0 Å². The Hall–Kier alpha value is -1.07. The Morgan fingerprint density at radius 2 is 2.21 bits per heavy atom. The van der Waals surface area contributed by atoms with Crippen molar-refractivity contribution in [3.8, 4) is 0 Å². The number of aliphatic hydroxyl groups is 1. The average Bonchev–Trinajstić information content (AvgIpc) is 2.25. The maximum atomic E-state index is 11.1. The number of aromatic nitrogens is 1. The van der Waals surface area contributed by atoms with Gasteiger partial charge in [0.1, 0.15) is 0 Å². The summed E-state index contributed by atoms with van der Waals surface area (Å²) in [5.74, 6) is 0.296. The van der Waals surface area contributed by atoms with Crippen LogP contribution in [0.3, 0.4) is 0 Å². The van der Waals surface area contributed by atoms with Crippen molar-refractivity contribution < 1.29 is 9.90 Å². The Balaban J connectivity index is 2.24. The number of rotatable bonds is 5. The molecule has 0 spiro atoms. The number of carbonyl (C=O) groups excluding carboxylic acids is 1. The van der Waals surface area contributed by atoms with Gasteiger partial charge in [0, 0.05) is 23.8 Å². The highest BCUT2D eigenvalue weighted by molar-refractivity contribution is 8.00. The number of thioether (sulfide) groups is 1. The summed E-state index contributed by atoms with van der Waals surface area (Å²) in [6, 6.07) is 3.70. The van der Waals surface area contributed by atoms with E-state index in [1.807, 2.05) is 12.1 Å². The van der Waals surface area contributed by atoms with Crippen LogP contribution in [0.4, 0.5) is 0 Å². The zero-order valence-electron chi connectivity index (χ0n) is 7.64. The number of pyridine rings is 1. The minimum absolute atomic E-state index is 0.0222. The van der Waals surface area contributed by atoms with Crippen molar-refractivity contribution in [3.63, 3.8) is 0 Å². The van der Waals surface area contributed by atoms with Gasteiger partial charge >= 0.3 is 0 Å². The Morgan fingerprint density at radius 1 is 1.50 bits per heavy atom. The van der Waals surface area contributed by atoms with E-state index in [0.29, 0.717) is 12.3 Å². The third-order valence-electron chi connectivity index (χ3n) is 1.45. The maximum Gasteiger partial charge on any atom is 0.230 e. The van der Waals surface area contributed by atoms with Crippen LogP contribution < -0.4 is 5.32 Å². The van der Waals surface area contributed by atoms with Crippen LogP contribution >= 0.6 is 11.8 Å². The van der Waals surface area contributed by atoms with Crippen molar-refractivity contribution in [3.05, 3.63) is 24.5 Å². The molecule has 0 aliphatic heterocycles. The fraction of sp³-hybridized carbons (Fsp3) is 0.333. The average molecular weight is 212 g/mol. The molecule has 0 saturated heterocycles. The highest BCUT2D eigenvalue weighted by Crippen LogP contribution is 2.15. The molecule has 1 rings (SSSR count). The lowest BCUT2D eigenvalue weighted by Gasteiger charge is -2.02. The maximum absolute atomic E-state index is 11.1. The molecule has 0 saturated carbocycles. The van der Waals surface area contributed by atoms with E-state index in [1.165, 1.54) is 11.8 Å². The van der Waals surface area contributed by atoms with Crippen molar-refractivity contribution in [2.75, 3.05) is 18.9 Å². The molecule has 4 nitrogen and oxygen atoms in total. The molecule has 1 amide bonds. The summed E-state index contributed by atoms with van der Waals surface area (Å²) in [6.07, 6.45) is 3.38. The molecule has 14 heavy (non-hydrogen) atoms. The number of nitrogens with zero attached hydrogens (tertiary/aromatic N) is 1. The first-order valence-corrected chi connectivity index (χ1v) is 5.22. The first-order valence-electron chi connectivity index (χ1n) is 4.23. The van der Waals surface area contributed by atoms with Gasteiger partial charge in [-0.25, -0.2) is 0 Å². The van der Waals surface area contributed by atoms with E-state index >= 15 is 0 Å². The molecular weight excluding hydrogens is 200 g/mol. The molecule has 0 unspecified atom stereocenters. The summed E-state index contributed by atoms with van der Waals surface area (Å²) in [5.41, 5.74) is 0. The number of aliphatic hydroxyl groups excluding tert-OH is 1. The van der Waals surface area contributed by atoms with E-state index in [4.69, 9.17) is 5.11 Å². The van der Waals surface area contributed by atoms with Gasteiger partial charge in [-0.3, -0.25) is 9.78 Å².